The van der Waals surface area contributed by atoms with Crippen molar-refractivity contribution in [2.75, 3.05) is 5.32 Å². The number of nitrogens with one attached hydrogen (secondary N) is 1. The third-order valence-corrected chi connectivity index (χ3v) is 4.88. The molecule has 4 aromatic rings. The van der Waals surface area contributed by atoms with Gasteiger partial charge in [-0.05, 0) is 19.1 Å². The predicted molar refractivity (Wildman–Crippen MR) is 109 cm³/mol. The number of nitrogens with zero attached hydrogens (tertiary/aromatic N) is 5. The molecule has 0 radical (unpaired) electrons. The van der Waals surface area contributed by atoms with E-state index < -0.39 is 42.4 Å². The maximum Gasteiger partial charge on any atom is 0.280 e. The summed E-state index contributed by atoms with van der Waals surface area (Å²) in [6.45, 7) is 1.10. The van der Waals surface area contributed by atoms with Crippen molar-refractivity contribution in [1.82, 2.24) is 24.5 Å². The number of hydrogen-bond acceptors (Lipinski definition) is 4. The second-order valence-electron chi connectivity index (χ2n) is 7.22. The number of alkyl halides is 4. The van der Waals surface area contributed by atoms with E-state index in [2.05, 4.69) is 20.5 Å². The monoisotopic (exact) mass is 464 g/mol. The third kappa shape index (κ3) is 4.69. The Labute approximate surface area is 183 Å². The smallest absolute Gasteiger partial charge is 0.280 e. The lowest BCUT2D eigenvalue weighted by Gasteiger charge is -2.08. The highest BCUT2D eigenvalue weighted by Crippen LogP contribution is 2.32. The van der Waals surface area contributed by atoms with Crippen molar-refractivity contribution in [3.8, 4) is 0 Å². The molecule has 0 saturated carbocycles. The SMILES string of the molecule is Cc1nn(CC(=O)Nc2ccn(Cc3ccccc3F)n2)c2nc(C(F)F)cc(C(F)F)c12. The van der Waals surface area contributed by atoms with Gasteiger partial charge in [0.25, 0.3) is 12.9 Å². The largest absolute Gasteiger partial charge is 0.308 e. The van der Waals surface area contributed by atoms with E-state index in [-0.39, 0.29) is 29.1 Å². The molecule has 7 nitrogen and oxygen atoms in total. The summed E-state index contributed by atoms with van der Waals surface area (Å²) in [5.74, 6) is -0.851. The minimum Gasteiger partial charge on any atom is -0.308 e. The predicted octanol–water partition coefficient (Wildman–Crippen LogP) is 4.64. The first kappa shape index (κ1) is 22.4. The van der Waals surface area contributed by atoms with Crippen LogP contribution in [0.1, 0.15) is 35.4 Å². The molecule has 3 heterocycles. The number of pyridine rings is 1. The first-order valence-electron chi connectivity index (χ1n) is 9.74. The van der Waals surface area contributed by atoms with Crippen LogP contribution in [-0.4, -0.2) is 30.5 Å². The highest BCUT2D eigenvalue weighted by atomic mass is 19.3. The van der Waals surface area contributed by atoms with Gasteiger partial charge in [0.1, 0.15) is 18.1 Å². The van der Waals surface area contributed by atoms with Crippen molar-refractivity contribution in [2.45, 2.75) is 32.9 Å². The Kier molecular flexibility index (Phi) is 6.07. The number of halogens is 5. The molecule has 1 amide bonds. The maximum absolute atomic E-state index is 13.8. The van der Waals surface area contributed by atoms with Crippen molar-refractivity contribution in [2.24, 2.45) is 0 Å². The Morgan fingerprint density at radius 3 is 2.55 bits per heavy atom. The number of amides is 1. The van der Waals surface area contributed by atoms with Crippen LogP contribution in [0, 0.1) is 12.7 Å². The van der Waals surface area contributed by atoms with E-state index in [1.54, 1.807) is 24.4 Å². The molecule has 0 aliphatic carbocycles. The van der Waals surface area contributed by atoms with Crippen LogP contribution in [0.4, 0.5) is 27.8 Å². The zero-order chi connectivity index (χ0) is 23.7. The Morgan fingerprint density at radius 2 is 1.85 bits per heavy atom. The van der Waals surface area contributed by atoms with Crippen LogP contribution < -0.4 is 5.32 Å². The summed E-state index contributed by atoms with van der Waals surface area (Å²) in [7, 11) is 0. The molecule has 4 rings (SSSR count). The Balaban J connectivity index is 1.54. The number of carbonyl (C=O) groups is 1. The number of carbonyl (C=O) groups excluding carboxylic acids is 1. The fourth-order valence-electron chi connectivity index (χ4n) is 3.44. The molecule has 0 aliphatic rings. The topological polar surface area (TPSA) is 77.6 Å². The molecule has 0 spiro atoms. The molecule has 3 aromatic heterocycles. The summed E-state index contributed by atoms with van der Waals surface area (Å²) in [6.07, 6.45) is -4.54. The quantitative estimate of drug-likeness (QED) is 0.405. The third-order valence-electron chi connectivity index (χ3n) is 4.88. The van der Waals surface area contributed by atoms with Gasteiger partial charge in [0.2, 0.25) is 5.91 Å². The van der Waals surface area contributed by atoms with Gasteiger partial charge in [-0.1, -0.05) is 18.2 Å². The molecule has 0 saturated heterocycles. The van der Waals surface area contributed by atoms with Crippen molar-refractivity contribution in [3.63, 3.8) is 0 Å². The summed E-state index contributed by atoms with van der Waals surface area (Å²) in [5.41, 5.74) is -1.14. The van der Waals surface area contributed by atoms with Crippen molar-refractivity contribution in [1.29, 1.82) is 0 Å². The van der Waals surface area contributed by atoms with E-state index in [4.69, 9.17) is 0 Å². The van der Waals surface area contributed by atoms with Crippen LogP contribution in [0.3, 0.4) is 0 Å². The zero-order valence-corrected chi connectivity index (χ0v) is 17.1. The Bertz CT molecular complexity index is 1320. The van der Waals surface area contributed by atoms with Gasteiger partial charge in [-0.2, -0.15) is 10.2 Å². The van der Waals surface area contributed by atoms with Gasteiger partial charge in [0, 0.05) is 23.4 Å². The van der Waals surface area contributed by atoms with Gasteiger partial charge in [-0.15, -0.1) is 0 Å². The molecule has 0 bridgehead atoms. The van der Waals surface area contributed by atoms with Gasteiger partial charge in [-0.25, -0.2) is 31.6 Å². The lowest BCUT2D eigenvalue weighted by Crippen LogP contribution is -2.20. The minimum atomic E-state index is -3.07. The molecular formula is C21H17F5N6O. The van der Waals surface area contributed by atoms with E-state index in [0.29, 0.717) is 11.6 Å². The number of rotatable bonds is 7. The summed E-state index contributed by atoms with van der Waals surface area (Å²) in [4.78, 5) is 16.2. The fourth-order valence-corrected chi connectivity index (χ4v) is 3.44. The minimum absolute atomic E-state index is 0.0728. The molecule has 0 aliphatic heterocycles. The maximum atomic E-state index is 13.8. The van der Waals surface area contributed by atoms with Crippen LogP contribution in [0.15, 0.2) is 42.6 Å². The van der Waals surface area contributed by atoms with Crippen LogP contribution in [0.2, 0.25) is 0 Å². The summed E-state index contributed by atoms with van der Waals surface area (Å²) in [6, 6.07) is 8.33. The standard InChI is InChI=1S/C21H17F5N6O/c1-11-18-13(19(23)24)8-15(20(25)26)27-21(18)32(29-11)10-17(33)28-16-6-7-31(30-16)9-12-4-2-3-5-14(12)22/h2-8,19-20H,9-10H2,1H3,(H,28,30,33). The molecule has 1 aromatic carbocycles. The van der Waals surface area contributed by atoms with Crippen molar-refractivity contribution < 1.29 is 26.7 Å². The van der Waals surface area contributed by atoms with Crippen LogP contribution in [0.25, 0.3) is 11.0 Å². The van der Waals surface area contributed by atoms with Gasteiger partial charge in [0.05, 0.1) is 17.6 Å². The molecule has 33 heavy (non-hydrogen) atoms. The molecule has 12 heteroatoms. The first-order valence-corrected chi connectivity index (χ1v) is 9.74. The number of anilines is 1. The summed E-state index contributed by atoms with van der Waals surface area (Å²) >= 11 is 0. The van der Waals surface area contributed by atoms with Gasteiger partial charge < -0.3 is 5.32 Å². The van der Waals surface area contributed by atoms with Crippen LogP contribution >= 0.6 is 0 Å². The molecule has 172 valence electrons. The lowest BCUT2D eigenvalue weighted by molar-refractivity contribution is -0.116. The number of fused-ring (bicyclic) bond motifs is 1. The second-order valence-corrected chi connectivity index (χ2v) is 7.22. The van der Waals surface area contributed by atoms with Crippen LogP contribution in [-0.2, 0) is 17.9 Å². The van der Waals surface area contributed by atoms with Crippen molar-refractivity contribution in [3.05, 3.63) is 70.9 Å². The highest BCUT2D eigenvalue weighted by molar-refractivity contribution is 5.91. The van der Waals surface area contributed by atoms with Crippen molar-refractivity contribution >= 4 is 22.8 Å². The summed E-state index contributed by atoms with van der Waals surface area (Å²) < 4.78 is 69.4. The first-order chi connectivity index (χ1) is 15.7. The number of benzene rings is 1. The fraction of sp³-hybridized carbons (Fsp3) is 0.238. The average Bonchev–Trinajstić information content (AvgIpc) is 3.32. The Morgan fingerprint density at radius 1 is 1.09 bits per heavy atom. The van der Waals surface area contributed by atoms with Gasteiger partial charge in [0.15, 0.2) is 11.5 Å². The second kappa shape index (κ2) is 8.96. The highest BCUT2D eigenvalue weighted by Gasteiger charge is 2.24. The van der Waals surface area contributed by atoms with E-state index in [9.17, 15) is 26.7 Å². The molecular weight excluding hydrogens is 447 g/mol. The number of aromatic nitrogens is 5. The van der Waals surface area contributed by atoms with E-state index in [1.165, 1.54) is 23.7 Å². The number of aryl methyl sites for hydroxylation is 1. The zero-order valence-electron chi connectivity index (χ0n) is 17.1. The molecule has 1 N–H and O–H groups in total. The average molecular weight is 464 g/mol. The van der Waals surface area contributed by atoms with Gasteiger partial charge in [-0.3, -0.25) is 9.48 Å². The van der Waals surface area contributed by atoms with E-state index in [1.807, 2.05) is 0 Å². The van der Waals surface area contributed by atoms with Gasteiger partial charge >= 0.3 is 0 Å². The molecule has 0 fully saturated rings. The normalized spacial score (nSPS) is 11.6. The Hall–Kier alpha value is -3.83. The molecule has 0 atom stereocenters. The summed E-state index contributed by atoms with van der Waals surface area (Å²) in [5, 5.41) is 10.6. The molecule has 0 unspecified atom stereocenters. The van der Waals surface area contributed by atoms with E-state index >= 15 is 0 Å². The van der Waals surface area contributed by atoms with Crippen LogP contribution in [0.5, 0.6) is 0 Å². The van der Waals surface area contributed by atoms with E-state index in [0.717, 1.165) is 4.68 Å². The lowest BCUT2D eigenvalue weighted by atomic mass is 10.1. The number of hydrogen-bond donors (Lipinski definition) is 1.